The van der Waals surface area contributed by atoms with Crippen molar-refractivity contribution in [1.82, 2.24) is 15.6 Å². The van der Waals surface area contributed by atoms with Crippen molar-refractivity contribution in [2.75, 3.05) is 0 Å². The summed E-state index contributed by atoms with van der Waals surface area (Å²) >= 11 is 0. The standard InChI is InChI=1S/C40H41N3O5/c1-27-40(48)43-35(18-15-31-23-34(26-41-25-31)32-14-8-13-30(21-32)17-20-38(46)42-27)37(45)24-33(22-29-11-6-3-7-12-29)39(47)36(44)19-16-28-9-4-2-5-10-28/h2-14,21,23,25-27,33,35H,15-20,22,24H2,1H3,(H,42,46)(H,43,48)/t27-,33+,35-/m0/s1. The van der Waals surface area contributed by atoms with Crippen molar-refractivity contribution in [3.63, 3.8) is 0 Å². The monoisotopic (exact) mass is 643 g/mol. The summed E-state index contributed by atoms with van der Waals surface area (Å²) in [5, 5.41) is 5.59. The average molecular weight is 644 g/mol. The van der Waals surface area contributed by atoms with Crippen LogP contribution in [0.5, 0.6) is 0 Å². The van der Waals surface area contributed by atoms with Gasteiger partial charge in [0.15, 0.2) is 11.6 Å². The third kappa shape index (κ3) is 9.64. The van der Waals surface area contributed by atoms with Crippen molar-refractivity contribution in [2.45, 2.75) is 70.4 Å². The van der Waals surface area contributed by atoms with Gasteiger partial charge in [-0.2, -0.15) is 0 Å². The van der Waals surface area contributed by atoms with Crippen LogP contribution in [0.1, 0.15) is 54.9 Å². The van der Waals surface area contributed by atoms with Crippen LogP contribution in [0.15, 0.2) is 103 Å². The van der Waals surface area contributed by atoms with E-state index in [2.05, 4.69) is 15.6 Å². The molecule has 0 saturated heterocycles. The molecular weight excluding hydrogens is 602 g/mol. The summed E-state index contributed by atoms with van der Waals surface area (Å²) < 4.78 is 0. The van der Waals surface area contributed by atoms with Crippen molar-refractivity contribution in [3.05, 3.63) is 126 Å². The molecule has 5 rings (SSSR count). The fraction of sp³-hybridized carbons (Fsp3) is 0.300. The number of fused-ring (bicyclic) bond motifs is 5. The Morgan fingerprint density at radius 1 is 0.771 bits per heavy atom. The van der Waals surface area contributed by atoms with Crippen LogP contribution in [0.3, 0.4) is 0 Å². The zero-order valence-corrected chi connectivity index (χ0v) is 27.2. The number of amides is 2. The molecule has 2 N–H and O–H groups in total. The first-order valence-electron chi connectivity index (χ1n) is 16.6. The van der Waals surface area contributed by atoms with Gasteiger partial charge in [0, 0.05) is 43.1 Å². The number of nitrogens with zero attached hydrogens (tertiary/aromatic N) is 1. The summed E-state index contributed by atoms with van der Waals surface area (Å²) in [5.41, 5.74) is 5.57. The molecule has 0 aliphatic carbocycles. The van der Waals surface area contributed by atoms with Gasteiger partial charge < -0.3 is 10.6 Å². The Morgan fingerprint density at radius 3 is 2.23 bits per heavy atom. The highest BCUT2D eigenvalue weighted by Crippen LogP contribution is 2.23. The zero-order chi connectivity index (χ0) is 33.9. The molecule has 0 radical (unpaired) electrons. The average Bonchev–Trinajstić information content (AvgIpc) is 3.11. The van der Waals surface area contributed by atoms with Gasteiger partial charge in [-0.25, -0.2) is 0 Å². The molecule has 3 aromatic carbocycles. The minimum Gasteiger partial charge on any atom is -0.345 e. The molecule has 48 heavy (non-hydrogen) atoms. The predicted molar refractivity (Wildman–Crippen MR) is 184 cm³/mol. The van der Waals surface area contributed by atoms with E-state index in [9.17, 15) is 24.0 Å². The SMILES string of the molecule is C[C@@H]1NC(=O)CCc2cccc(c2)-c2cncc(c2)CC[C@@H](C(=O)C[C@@H](Cc2ccccc2)C(=O)C(=O)CCc2ccccc2)NC1=O. The van der Waals surface area contributed by atoms with Crippen molar-refractivity contribution >= 4 is 29.2 Å². The lowest BCUT2D eigenvalue weighted by Crippen LogP contribution is -2.51. The summed E-state index contributed by atoms with van der Waals surface area (Å²) in [5.74, 6) is -3.09. The molecule has 1 aliphatic rings. The van der Waals surface area contributed by atoms with Gasteiger partial charge in [-0.05, 0) is 72.9 Å². The lowest BCUT2D eigenvalue weighted by molar-refractivity contribution is -0.140. The predicted octanol–water partition coefficient (Wildman–Crippen LogP) is 5.21. The van der Waals surface area contributed by atoms with E-state index in [1.165, 1.54) is 0 Å². The Hall–Kier alpha value is -5.24. The number of nitrogens with one attached hydrogen (secondary N) is 2. The first kappa shape index (κ1) is 34.1. The molecule has 0 saturated carbocycles. The van der Waals surface area contributed by atoms with E-state index < -0.39 is 35.5 Å². The van der Waals surface area contributed by atoms with Crippen LogP contribution in [-0.4, -0.2) is 46.2 Å². The molecule has 3 atom stereocenters. The number of aryl methyl sites for hydroxylation is 3. The van der Waals surface area contributed by atoms with E-state index in [0.717, 1.165) is 33.4 Å². The number of rotatable bonds is 10. The van der Waals surface area contributed by atoms with Crippen LogP contribution in [0, 0.1) is 5.92 Å². The normalized spacial score (nSPS) is 17.4. The Kier molecular flexibility index (Phi) is 11.8. The van der Waals surface area contributed by atoms with E-state index in [1.807, 2.05) is 91.0 Å². The lowest BCUT2D eigenvalue weighted by Gasteiger charge is -2.23. The number of ketones is 3. The summed E-state index contributed by atoms with van der Waals surface area (Å²) in [7, 11) is 0. The largest absolute Gasteiger partial charge is 0.345 e. The summed E-state index contributed by atoms with van der Waals surface area (Å²) in [6.07, 6.45) is 5.41. The Balaban J connectivity index is 1.38. The third-order valence-corrected chi connectivity index (χ3v) is 8.80. The Labute approximate surface area is 281 Å². The fourth-order valence-electron chi connectivity index (χ4n) is 6.04. The highest BCUT2D eigenvalue weighted by molar-refractivity contribution is 6.38. The summed E-state index contributed by atoms with van der Waals surface area (Å²) in [6, 6.07) is 26.9. The molecule has 4 bridgehead atoms. The summed E-state index contributed by atoms with van der Waals surface area (Å²) in [6.45, 7) is 1.58. The number of hydrogen-bond acceptors (Lipinski definition) is 6. The Morgan fingerprint density at radius 2 is 1.48 bits per heavy atom. The first-order chi connectivity index (χ1) is 23.2. The molecule has 1 aromatic heterocycles. The van der Waals surface area contributed by atoms with Gasteiger partial charge in [0.05, 0.1) is 6.04 Å². The number of Topliss-reactive ketones (excluding diaryl/α,β-unsaturated/α-hetero) is 3. The highest BCUT2D eigenvalue weighted by atomic mass is 16.2. The van der Waals surface area contributed by atoms with E-state index in [-0.39, 0.29) is 43.8 Å². The first-order valence-corrected chi connectivity index (χ1v) is 16.6. The number of benzene rings is 3. The number of carbonyl (C=O) groups is 5. The smallest absolute Gasteiger partial charge is 0.242 e. The fourth-order valence-corrected chi connectivity index (χ4v) is 6.04. The highest BCUT2D eigenvalue weighted by Gasteiger charge is 2.32. The maximum absolute atomic E-state index is 14.0. The van der Waals surface area contributed by atoms with Crippen LogP contribution in [0.4, 0.5) is 0 Å². The quantitative estimate of drug-likeness (QED) is 0.229. The van der Waals surface area contributed by atoms with Gasteiger partial charge in [0.25, 0.3) is 0 Å². The van der Waals surface area contributed by atoms with Crippen molar-refractivity contribution in [2.24, 2.45) is 5.92 Å². The molecule has 2 heterocycles. The van der Waals surface area contributed by atoms with Crippen molar-refractivity contribution in [1.29, 1.82) is 0 Å². The number of hydrogen-bond donors (Lipinski definition) is 2. The van der Waals surface area contributed by atoms with Crippen molar-refractivity contribution < 1.29 is 24.0 Å². The lowest BCUT2D eigenvalue weighted by atomic mass is 9.85. The number of pyridine rings is 1. The van der Waals surface area contributed by atoms with Crippen LogP contribution < -0.4 is 10.6 Å². The van der Waals surface area contributed by atoms with Gasteiger partial charge >= 0.3 is 0 Å². The van der Waals surface area contributed by atoms with Gasteiger partial charge in [0.1, 0.15) is 6.04 Å². The molecule has 0 spiro atoms. The molecule has 1 aliphatic heterocycles. The van der Waals surface area contributed by atoms with Crippen molar-refractivity contribution in [3.8, 4) is 11.1 Å². The van der Waals surface area contributed by atoms with E-state index in [1.54, 1.807) is 19.3 Å². The number of carbonyl (C=O) groups excluding carboxylic acids is 5. The number of aromatic nitrogens is 1. The van der Waals surface area contributed by atoms with Crippen LogP contribution in [0.25, 0.3) is 11.1 Å². The summed E-state index contributed by atoms with van der Waals surface area (Å²) in [4.78, 5) is 71.3. The van der Waals surface area contributed by atoms with Crippen LogP contribution in [-0.2, 0) is 49.7 Å². The Bertz CT molecular complexity index is 1760. The van der Waals surface area contributed by atoms with E-state index in [4.69, 9.17) is 0 Å². The maximum Gasteiger partial charge on any atom is 0.242 e. The molecule has 4 aromatic rings. The zero-order valence-electron chi connectivity index (χ0n) is 27.2. The third-order valence-electron chi connectivity index (χ3n) is 8.80. The van der Waals surface area contributed by atoms with E-state index >= 15 is 0 Å². The van der Waals surface area contributed by atoms with Crippen LogP contribution >= 0.6 is 0 Å². The topological polar surface area (TPSA) is 122 Å². The van der Waals surface area contributed by atoms with Gasteiger partial charge in [-0.3, -0.25) is 29.0 Å². The molecule has 246 valence electrons. The molecule has 8 heteroatoms. The molecule has 2 amide bonds. The molecular formula is C40H41N3O5. The second-order valence-corrected chi connectivity index (χ2v) is 12.5. The van der Waals surface area contributed by atoms with E-state index in [0.29, 0.717) is 19.3 Å². The van der Waals surface area contributed by atoms with Gasteiger partial charge in [-0.15, -0.1) is 0 Å². The molecule has 0 unspecified atom stereocenters. The molecule has 8 nitrogen and oxygen atoms in total. The second-order valence-electron chi connectivity index (χ2n) is 12.5. The minimum atomic E-state index is -0.942. The van der Waals surface area contributed by atoms with Gasteiger partial charge in [0.2, 0.25) is 17.6 Å². The molecule has 0 fully saturated rings. The van der Waals surface area contributed by atoms with Crippen LogP contribution in [0.2, 0.25) is 0 Å². The van der Waals surface area contributed by atoms with Gasteiger partial charge in [-0.1, -0.05) is 84.9 Å². The maximum atomic E-state index is 14.0. The minimum absolute atomic E-state index is 0.0476. The second kappa shape index (κ2) is 16.5.